The molecule has 2 aromatic rings. The molecule has 1 heterocycles. The molecule has 0 bridgehead atoms. The van der Waals surface area contributed by atoms with Crippen LogP contribution in [0.25, 0.3) is 0 Å². The van der Waals surface area contributed by atoms with E-state index < -0.39 is 17.5 Å². The van der Waals surface area contributed by atoms with E-state index in [4.69, 9.17) is 0 Å². The number of benzene rings is 2. The Hall–Kier alpha value is -3.68. The Balaban J connectivity index is 1.42. The van der Waals surface area contributed by atoms with Crippen molar-refractivity contribution < 1.29 is 19.2 Å². The molecule has 1 unspecified atom stereocenters. The van der Waals surface area contributed by atoms with Crippen molar-refractivity contribution in [3.63, 3.8) is 0 Å². The standard InChI is InChI=1S/C26H30N4O4/c1-3-14-29(16-22(31)27-21-11-7-4-8-18(21)2)23(32)17-30-24(33)26(28-25(30)34)13-12-19-9-5-6-10-20(19)15-26/h4-11H,3,12-17H2,1-2H3,(H,27,31)(H,28,34). The number of hydrogen-bond donors (Lipinski definition) is 2. The van der Waals surface area contributed by atoms with Gasteiger partial charge in [-0.05, 0) is 48.9 Å². The van der Waals surface area contributed by atoms with Crippen molar-refractivity contribution in [2.45, 2.75) is 45.1 Å². The van der Waals surface area contributed by atoms with Gasteiger partial charge >= 0.3 is 6.03 Å². The Morgan fingerprint density at radius 1 is 1.09 bits per heavy atom. The molecule has 34 heavy (non-hydrogen) atoms. The van der Waals surface area contributed by atoms with Crippen molar-refractivity contribution in [2.75, 3.05) is 25.0 Å². The van der Waals surface area contributed by atoms with Gasteiger partial charge in [-0.25, -0.2) is 4.79 Å². The van der Waals surface area contributed by atoms with Crippen LogP contribution in [0, 0.1) is 6.92 Å². The summed E-state index contributed by atoms with van der Waals surface area (Å²) in [6.07, 6.45) is 2.24. The van der Waals surface area contributed by atoms with Crippen LogP contribution in [0.1, 0.15) is 36.5 Å². The zero-order valence-electron chi connectivity index (χ0n) is 19.6. The molecule has 2 N–H and O–H groups in total. The van der Waals surface area contributed by atoms with Gasteiger partial charge in [0.2, 0.25) is 11.8 Å². The molecule has 2 aliphatic rings. The van der Waals surface area contributed by atoms with E-state index >= 15 is 0 Å². The van der Waals surface area contributed by atoms with Gasteiger partial charge in [-0.2, -0.15) is 0 Å². The first-order chi connectivity index (χ1) is 16.3. The number of urea groups is 1. The van der Waals surface area contributed by atoms with Crippen LogP contribution in [-0.2, 0) is 27.2 Å². The van der Waals surface area contributed by atoms with Gasteiger partial charge in [0.25, 0.3) is 5.91 Å². The van der Waals surface area contributed by atoms with Gasteiger partial charge in [-0.3, -0.25) is 19.3 Å². The highest BCUT2D eigenvalue weighted by Gasteiger charge is 2.52. The minimum Gasteiger partial charge on any atom is -0.332 e. The molecule has 1 fully saturated rings. The molecule has 0 saturated carbocycles. The number of carbonyl (C=O) groups is 4. The van der Waals surface area contributed by atoms with Crippen molar-refractivity contribution in [3.05, 3.63) is 65.2 Å². The lowest BCUT2D eigenvalue weighted by Gasteiger charge is -2.32. The maximum atomic E-state index is 13.3. The summed E-state index contributed by atoms with van der Waals surface area (Å²) in [6, 6.07) is 14.7. The van der Waals surface area contributed by atoms with Crippen LogP contribution in [0.5, 0.6) is 0 Å². The average molecular weight is 463 g/mol. The molecule has 1 spiro atoms. The molecule has 0 aromatic heterocycles. The van der Waals surface area contributed by atoms with Crippen LogP contribution in [0.4, 0.5) is 10.5 Å². The van der Waals surface area contributed by atoms with Gasteiger partial charge in [-0.1, -0.05) is 49.4 Å². The number of rotatable bonds is 7. The highest BCUT2D eigenvalue weighted by atomic mass is 16.2. The molecule has 178 valence electrons. The van der Waals surface area contributed by atoms with Gasteiger partial charge < -0.3 is 15.5 Å². The quantitative estimate of drug-likeness (QED) is 0.618. The maximum Gasteiger partial charge on any atom is 0.325 e. The topological polar surface area (TPSA) is 98.8 Å². The molecule has 5 amide bonds. The molecule has 1 saturated heterocycles. The summed E-state index contributed by atoms with van der Waals surface area (Å²) in [7, 11) is 0. The first-order valence-electron chi connectivity index (χ1n) is 11.7. The summed E-state index contributed by atoms with van der Waals surface area (Å²) in [4.78, 5) is 54.1. The zero-order chi connectivity index (χ0) is 24.3. The Labute approximate surface area is 199 Å². The minimum atomic E-state index is -1.01. The normalized spacial score (nSPS) is 19.1. The fourth-order valence-electron chi connectivity index (χ4n) is 4.72. The summed E-state index contributed by atoms with van der Waals surface area (Å²) >= 11 is 0. The monoisotopic (exact) mass is 462 g/mol. The van der Waals surface area contributed by atoms with Crippen LogP contribution in [0.3, 0.4) is 0 Å². The molecule has 1 atom stereocenters. The molecule has 4 rings (SSSR count). The number of carbonyl (C=O) groups excluding carboxylic acids is 4. The first-order valence-corrected chi connectivity index (χ1v) is 11.7. The van der Waals surface area contributed by atoms with Gasteiger partial charge in [0.15, 0.2) is 0 Å². The summed E-state index contributed by atoms with van der Waals surface area (Å²) < 4.78 is 0. The number of para-hydroxylation sites is 1. The van der Waals surface area contributed by atoms with Crippen molar-refractivity contribution in [3.8, 4) is 0 Å². The van der Waals surface area contributed by atoms with Gasteiger partial charge in [0.1, 0.15) is 12.1 Å². The summed E-state index contributed by atoms with van der Waals surface area (Å²) in [5.41, 5.74) is 2.81. The number of nitrogens with one attached hydrogen (secondary N) is 2. The van der Waals surface area contributed by atoms with E-state index in [-0.39, 0.29) is 24.9 Å². The molecular weight excluding hydrogens is 432 g/mol. The van der Waals surface area contributed by atoms with Crippen molar-refractivity contribution in [1.82, 2.24) is 15.1 Å². The molecule has 8 heteroatoms. The fourth-order valence-corrected chi connectivity index (χ4v) is 4.72. The van der Waals surface area contributed by atoms with Gasteiger partial charge in [0.05, 0.1) is 6.54 Å². The third-order valence-electron chi connectivity index (χ3n) is 6.57. The predicted octanol–water partition coefficient (Wildman–Crippen LogP) is 2.65. The second-order valence-corrected chi connectivity index (χ2v) is 9.03. The highest BCUT2D eigenvalue weighted by molar-refractivity contribution is 6.09. The number of fused-ring (bicyclic) bond motifs is 1. The Morgan fingerprint density at radius 2 is 1.79 bits per heavy atom. The van der Waals surface area contributed by atoms with Gasteiger partial charge in [-0.15, -0.1) is 0 Å². The fraction of sp³-hybridized carbons (Fsp3) is 0.385. The van der Waals surface area contributed by atoms with Crippen LogP contribution in [0.15, 0.2) is 48.5 Å². The van der Waals surface area contributed by atoms with Crippen molar-refractivity contribution in [1.29, 1.82) is 0 Å². The molecule has 2 aromatic carbocycles. The second-order valence-electron chi connectivity index (χ2n) is 9.03. The van der Waals surface area contributed by atoms with E-state index in [1.807, 2.05) is 56.3 Å². The van der Waals surface area contributed by atoms with Crippen molar-refractivity contribution in [2.24, 2.45) is 0 Å². The summed E-state index contributed by atoms with van der Waals surface area (Å²) in [6.45, 7) is 3.61. The van der Waals surface area contributed by atoms with E-state index in [1.54, 1.807) is 6.07 Å². The largest absolute Gasteiger partial charge is 0.332 e. The van der Waals surface area contributed by atoms with E-state index in [9.17, 15) is 19.2 Å². The molecule has 8 nitrogen and oxygen atoms in total. The van der Waals surface area contributed by atoms with Crippen LogP contribution >= 0.6 is 0 Å². The third-order valence-corrected chi connectivity index (χ3v) is 6.57. The smallest absolute Gasteiger partial charge is 0.325 e. The lowest BCUT2D eigenvalue weighted by Crippen LogP contribution is -2.52. The number of anilines is 1. The van der Waals surface area contributed by atoms with E-state index in [0.717, 1.165) is 16.0 Å². The number of amides is 5. The highest BCUT2D eigenvalue weighted by Crippen LogP contribution is 2.33. The molecule has 0 radical (unpaired) electrons. The SMILES string of the molecule is CCCN(CC(=O)Nc1ccccc1C)C(=O)CN1C(=O)NC2(CCc3ccccc3C2)C1=O. The summed E-state index contributed by atoms with van der Waals surface area (Å²) in [5.74, 6) is -1.13. The van der Waals surface area contributed by atoms with Crippen LogP contribution in [-0.4, -0.2) is 58.7 Å². The van der Waals surface area contributed by atoms with E-state index in [0.29, 0.717) is 37.9 Å². The summed E-state index contributed by atoms with van der Waals surface area (Å²) in [5, 5.41) is 5.68. The van der Waals surface area contributed by atoms with Crippen LogP contribution in [0.2, 0.25) is 0 Å². The molecule has 1 aliphatic heterocycles. The van der Waals surface area contributed by atoms with Gasteiger partial charge in [0, 0.05) is 18.7 Å². The van der Waals surface area contributed by atoms with E-state index in [2.05, 4.69) is 10.6 Å². The average Bonchev–Trinajstić information content (AvgIpc) is 3.04. The lowest BCUT2D eigenvalue weighted by atomic mass is 9.78. The second kappa shape index (κ2) is 9.67. The zero-order valence-corrected chi connectivity index (χ0v) is 19.6. The Morgan fingerprint density at radius 3 is 2.53 bits per heavy atom. The Bertz CT molecular complexity index is 1130. The number of imide groups is 1. The van der Waals surface area contributed by atoms with Crippen LogP contribution < -0.4 is 10.6 Å². The maximum absolute atomic E-state index is 13.3. The number of nitrogens with zero attached hydrogens (tertiary/aromatic N) is 2. The predicted molar refractivity (Wildman–Crippen MR) is 128 cm³/mol. The minimum absolute atomic E-state index is 0.150. The van der Waals surface area contributed by atoms with E-state index in [1.165, 1.54) is 10.5 Å². The first kappa shape index (κ1) is 23.5. The molecule has 1 aliphatic carbocycles. The number of aryl methyl sites for hydroxylation is 2. The molecular formula is C26H30N4O4. The number of hydrogen-bond acceptors (Lipinski definition) is 4. The Kier molecular flexibility index (Phi) is 6.68. The van der Waals surface area contributed by atoms with Crippen molar-refractivity contribution >= 4 is 29.4 Å². The lowest BCUT2D eigenvalue weighted by molar-refractivity contribution is -0.140. The third kappa shape index (κ3) is 4.66.